The monoisotopic (exact) mass is 303 g/mol. The maximum atomic E-state index is 10.7. The molecular formula is C11H17N3O7. The maximum absolute atomic E-state index is 10.7. The molecule has 0 aromatic carbocycles. The van der Waals surface area contributed by atoms with Crippen LogP contribution in [0.3, 0.4) is 0 Å². The molecule has 2 fully saturated rings. The number of nitrogens with zero attached hydrogens (tertiary/aromatic N) is 3. The molecule has 0 bridgehead atoms. The van der Waals surface area contributed by atoms with Crippen LogP contribution in [0.1, 0.15) is 12.8 Å². The van der Waals surface area contributed by atoms with Crippen LogP contribution in [0, 0.1) is 14.7 Å². The summed E-state index contributed by atoms with van der Waals surface area (Å²) >= 11 is 0. The van der Waals surface area contributed by atoms with Crippen molar-refractivity contribution in [3.05, 3.63) is 14.7 Å². The number of hydrogen-bond donors (Lipinski definition) is 1. The van der Waals surface area contributed by atoms with Crippen LogP contribution in [0.4, 0.5) is 0 Å². The van der Waals surface area contributed by atoms with E-state index >= 15 is 0 Å². The van der Waals surface area contributed by atoms with Gasteiger partial charge in [0.2, 0.25) is 0 Å². The molecule has 2 aliphatic heterocycles. The Labute approximate surface area is 120 Å². The Hall–Kier alpha value is -1.36. The van der Waals surface area contributed by atoms with Gasteiger partial charge in [-0.3, -0.25) is 0 Å². The highest BCUT2D eigenvalue weighted by molar-refractivity contribution is 4.90. The number of ether oxygens (including phenoxy) is 3. The molecule has 2 aliphatic rings. The van der Waals surface area contributed by atoms with Crippen LogP contribution in [-0.4, -0.2) is 61.6 Å². The third kappa shape index (κ3) is 4.06. The van der Waals surface area contributed by atoms with E-state index in [0.717, 1.165) is 0 Å². The van der Waals surface area contributed by atoms with Crippen molar-refractivity contribution in [1.82, 2.24) is 0 Å². The normalized spacial score (nSPS) is 40.4. The van der Waals surface area contributed by atoms with Gasteiger partial charge < -0.3 is 19.3 Å². The molecule has 0 aromatic rings. The van der Waals surface area contributed by atoms with Crippen molar-refractivity contribution in [2.24, 2.45) is 15.5 Å². The fraction of sp³-hybridized carbons (Fsp3) is 1.00. The number of rotatable bonds is 6. The lowest BCUT2D eigenvalue weighted by Crippen LogP contribution is -2.50. The number of nitroso groups, excluding NO2 is 3. The molecule has 0 unspecified atom stereocenters. The first-order valence-corrected chi connectivity index (χ1v) is 6.68. The number of hydrogen-bond acceptors (Lipinski definition) is 10. The van der Waals surface area contributed by atoms with Gasteiger partial charge in [-0.2, -0.15) is 14.7 Å². The first-order chi connectivity index (χ1) is 10.2. The average Bonchev–Trinajstić information content (AvgIpc) is 2.47. The van der Waals surface area contributed by atoms with Crippen LogP contribution < -0.4 is 0 Å². The SMILES string of the molecule is O=NC[C@@H]1O[C@H](O[C@H]2COC[C@@H](N=O)C2)C[C@H](O)[C@H]1N=O. The number of aliphatic hydroxyl groups is 1. The van der Waals surface area contributed by atoms with Gasteiger partial charge in [0.1, 0.15) is 24.7 Å². The van der Waals surface area contributed by atoms with E-state index in [4.69, 9.17) is 14.2 Å². The van der Waals surface area contributed by atoms with Crippen molar-refractivity contribution in [2.75, 3.05) is 19.8 Å². The summed E-state index contributed by atoms with van der Waals surface area (Å²) in [7, 11) is 0. The Morgan fingerprint density at radius 3 is 2.62 bits per heavy atom. The van der Waals surface area contributed by atoms with Gasteiger partial charge in [-0.05, 0) is 0 Å². The van der Waals surface area contributed by atoms with E-state index in [1.807, 2.05) is 0 Å². The van der Waals surface area contributed by atoms with Gasteiger partial charge in [0.15, 0.2) is 6.29 Å². The smallest absolute Gasteiger partial charge is 0.161 e. The van der Waals surface area contributed by atoms with Crippen LogP contribution in [0.25, 0.3) is 0 Å². The molecule has 10 nitrogen and oxygen atoms in total. The lowest BCUT2D eigenvalue weighted by Gasteiger charge is -2.37. The minimum Gasteiger partial charge on any atom is -0.390 e. The molecular weight excluding hydrogens is 286 g/mol. The van der Waals surface area contributed by atoms with E-state index in [2.05, 4.69) is 15.5 Å². The average molecular weight is 303 g/mol. The second-order valence-corrected chi connectivity index (χ2v) is 5.11. The van der Waals surface area contributed by atoms with E-state index in [0.29, 0.717) is 6.42 Å². The van der Waals surface area contributed by atoms with E-state index in [1.165, 1.54) is 0 Å². The second-order valence-electron chi connectivity index (χ2n) is 5.11. The quantitative estimate of drug-likeness (QED) is 0.697. The van der Waals surface area contributed by atoms with Crippen LogP contribution >= 0.6 is 0 Å². The Morgan fingerprint density at radius 2 is 1.95 bits per heavy atom. The molecule has 2 saturated heterocycles. The Bertz CT molecular complexity index is 383. The zero-order valence-corrected chi connectivity index (χ0v) is 11.2. The highest BCUT2D eigenvalue weighted by atomic mass is 16.7. The van der Waals surface area contributed by atoms with Crippen LogP contribution in [0.15, 0.2) is 15.5 Å². The van der Waals surface area contributed by atoms with E-state index < -0.39 is 36.7 Å². The molecule has 10 heteroatoms. The third-order valence-corrected chi connectivity index (χ3v) is 3.55. The summed E-state index contributed by atoms with van der Waals surface area (Å²) < 4.78 is 16.2. The Kier molecular flexibility index (Phi) is 5.79. The van der Waals surface area contributed by atoms with Gasteiger partial charge in [-0.15, -0.1) is 0 Å². The van der Waals surface area contributed by atoms with Gasteiger partial charge in [0, 0.05) is 12.8 Å². The Balaban J connectivity index is 1.92. The molecule has 1 N–H and O–H groups in total. The number of aliphatic hydroxyl groups excluding tert-OH is 1. The predicted molar refractivity (Wildman–Crippen MR) is 69.4 cm³/mol. The van der Waals surface area contributed by atoms with Crippen molar-refractivity contribution in [2.45, 2.75) is 49.5 Å². The summed E-state index contributed by atoms with van der Waals surface area (Å²) in [5.74, 6) is 0. The van der Waals surface area contributed by atoms with Gasteiger partial charge in [0.25, 0.3) is 0 Å². The van der Waals surface area contributed by atoms with Crippen LogP contribution in [0.2, 0.25) is 0 Å². The highest BCUT2D eigenvalue weighted by Crippen LogP contribution is 2.26. The van der Waals surface area contributed by atoms with Crippen molar-refractivity contribution in [3.8, 4) is 0 Å². The summed E-state index contributed by atoms with van der Waals surface area (Å²) in [5, 5.41) is 18.2. The fourth-order valence-electron chi connectivity index (χ4n) is 2.52. The highest BCUT2D eigenvalue weighted by Gasteiger charge is 2.41. The van der Waals surface area contributed by atoms with Gasteiger partial charge in [-0.25, -0.2) is 0 Å². The molecule has 0 radical (unpaired) electrons. The molecule has 118 valence electrons. The summed E-state index contributed by atoms with van der Waals surface area (Å²) in [6, 6.07) is -1.52. The first-order valence-electron chi connectivity index (χ1n) is 6.68. The molecule has 21 heavy (non-hydrogen) atoms. The van der Waals surface area contributed by atoms with Gasteiger partial charge >= 0.3 is 0 Å². The molecule has 0 saturated carbocycles. The third-order valence-electron chi connectivity index (χ3n) is 3.55. The zero-order valence-electron chi connectivity index (χ0n) is 11.2. The lowest BCUT2D eigenvalue weighted by molar-refractivity contribution is -0.247. The second kappa shape index (κ2) is 7.59. The minimum absolute atomic E-state index is 0.0431. The Morgan fingerprint density at radius 1 is 1.14 bits per heavy atom. The van der Waals surface area contributed by atoms with E-state index in [9.17, 15) is 19.8 Å². The van der Waals surface area contributed by atoms with E-state index in [1.54, 1.807) is 0 Å². The van der Waals surface area contributed by atoms with E-state index in [-0.39, 0.29) is 26.2 Å². The summed E-state index contributed by atoms with van der Waals surface area (Å²) in [5.41, 5.74) is 0. The first kappa shape index (κ1) is 16.0. The molecule has 0 aromatic heterocycles. The molecule has 2 heterocycles. The fourth-order valence-corrected chi connectivity index (χ4v) is 2.52. The molecule has 6 atom stereocenters. The standard InChI is InChI=1S/C11H17N3O7/c15-8-2-10(21-9(3-12-16)11(8)14-18)20-7-1-6(13-17)4-19-5-7/h6-11,15H,1-5H2/t6-,7+,8-,9-,10-,11+/m0/s1. The van der Waals surface area contributed by atoms with Crippen molar-refractivity contribution < 1.29 is 19.3 Å². The summed E-state index contributed by atoms with van der Waals surface area (Å²) in [6.45, 7) is 0.243. The van der Waals surface area contributed by atoms with Gasteiger partial charge in [-0.1, -0.05) is 15.5 Å². The minimum atomic E-state index is -1.07. The summed E-state index contributed by atoms with van der Waals surface area (Å²) in [6.07, 6.45) is -2.77. The zero-order chi connectivity index (χ0) is 15.2. The molecule has 0 spiro atoms. The predicted octanol–water partition coefficient (Wildman–Crippen LogP) is 0.304. The van der Waals surface area contributed by atoms with Gasteiger partial charge in [0.05, 0.1) is 25.4 Å². The largest absolute Gasteiger partial charge is 0.390 e. The van der Waals surface area contributed by atoms with Crippen LogP contribution in [-0.2, 0) is 14.2 Å². The van der Waals surface area contributed by atoms with Crippen molar-refractivity contribution in [3.63, 3.8) is 0 Å². The van der Waals surface area contributed by atoms with Crippen molar-refractivity contribution in [1.29, 1.82) is 0 Å². The van der Waals surface area contributed by atoms with Crippen LogP contribution in [0.5, 0.6) is 0 Å². The molecule has 0 aliphatic carbocycles. The lowest BCUT2D eigenvalue weighted by atomic mass is 9.99. The summed E-state index contributed by atoms with van der Waals surface area (Å²) in [4.78, 5) is 31.6. The molecule has 2 rings (SSSR count). The molecule has 0 amide bonds. The van der Waals surface area contributed by atoms with Crippen molar-refractivity contribution >= 4 is 0 Å². The maximum Gasteiger partial charge on any atom is 0.161 e. The topological polar surface area (TPSA) is 136 Å².